The first-order valence-corrected chi connectivity index (χ1v) is 29.6. The van der Waals surface area contributed by atoms with Gasteiger partial charge in [0, 0.05) is 46.3 Å². The number of pyridine rings is 4. The van der Waals surface area contributed by atoms with E-state index in [0.717, 1.165) is 56.5 Å². The van der Waals surface area contributed by atoms with Crippen LogP contribution in [-0.4, -0.2) is 19.9 Å². The second kappa shape index (κ2) is 30.5. The standard InChI is InChI=1S/C23H20.C21H18N2.C14H10.C12H8N2.4C2H6/c1-3-17-12-16(2)13-19(14-17)23-15-18-8-4-5-9-20(18)21-10-6-7-11-22(21)23;1-3-15-10-14(2)11-17(12-15)19-13-16-6-4-8-22-20(16)21-18(19)7-5-9-23-21;1-3-7-13-11(5-1)9-10-12-6-2-4-8-14(12)13;1-3-9-5-6-10-4-2-8-14-12(10)11(9)13-7-1;4*1-2/h4-15H,3H2,1-2H3;4-13H,3H2,1-2H3;1-10H;1-8H;4*1-2H3. The van der Waals surface area contributed by atoms with Gasteiger partial charge in [-0.1, -0.05) is 262 Å². The molecule has 0 saturated heterocycles. The Labute approximate surface area is 487 Å². The Balaban J connectivity index is 0.000000154. The zero-order valence-electron chi connectivity index (χ0n) is 50.3. The van der Waals surface area contributed by atoms with Gasteiger partial charge in [0.25, 0.3) is 0 Å². The van der Waals surface area contributed by atoms with Crippen LogP contribution < -0.4 is 0 Å². The molecule has 14 rings (SSSR count). The third kappa shape index (κ3) is 14.1. The van der Waals surface area contributed by atoms with E-state index in [0.29, 0.717) is 0 Å². The van der Waals surface area contributed by atoms with Crippen molar-refractivity contribution >= 4 is 86.7 Å². The van der Waals surface area contributed by atoms with Gasteiger partial charge in [0.1, 0.15) is 0 Å². The fourth-order valence-electron chi connectivity index (χ4n) is 10.4. The fraction of sp³-hybridized carbons (Fsp3) is 0.179. The van der Waals surface area contributed by atoms with E-state index in [2.05, 4.69) is 242 Å². The second-order valence-electron chi connectivity index (χ2n) is 18.9. The Morgan fingerprint density at radius 3 is 1.05 bits per heavy atom. The molecule has 0 fully saturated rings. The molecule has 4 heterocycles. The van der Waals surface area contributed by atoms with Crippen molar-refractivity contribution in [3.8, 4) is 22.3 Å². The zero-order chi connectivity index (χ0) is 58.4. The van der Waals surface area contributed by atoms with E-state index in [1.54, 1.807) is 12.4 Å². The molecule has 0 amide bonds. The molecule has 10 aromatic carbocycles. The third-order valence-electron chi connectivity index (χ3n) is 13.9. The molecule has 4 nitrogen and oxygen atoms in total. The summed E-state index contributed by atoms with van der Waals surface area (Å²) < 4.78 is 0. The molecule has 0 saturated carbocycles. The average Bonchev–Trinajstić information content (AvgIpc) is 3.51. The molecule has 0 N–H and O–H groups in total. The summed E-state index contributed by atoms with van der Waals surface area (Å²) in [4.78, 5) is 17.8. The first kappa shape index (κ1) is 60.5. The lowest BCUT2D eigenvalue weighted by atomic mass is 9.91. The maximum atomic E-state index is 4.60. The normalized spacial score (nSPS) is 10.3. The maximum Gasteiger partial charge on any atom is 0.0970 e. The summed E-state index contributed by atoms with van der Waals surface area (Å²) in [5.74, 6) is 0. The van der Waals surface area contributed by atoms with Gasteiger partial charge in [-0.2, -0.15) is 0 Å². The van der Waals surface area contributed by atoms with Gasteiger partial charge in [-0.25, -0.2) is 0 Å². The van der Waals surface area contributed by atoms with E-state index < -0.39 is 0 Å². The highest BCUT2D eigenvalue weighted by Gasteiger charge is 2.12. The van der Waals surface area contributed by atoms with E-state index in [1.807, 2.05) is 92.0 Å². The summed E-state index contributed by atoms with van der Waals surface area (Å²) in [5.41, 5.74) is 14.4. The lowest BCUT2D eigenvalue weighted by Gasteiger charge is -2.13. The maximum absolute atomic E-state index is 4.60. The van der Waals surface area contributed by atoms with Crippen LogP contribution in [0.4, 0.5) is 0 Å². The molecule has 0 aliphatic heterocycles. The van der Waals surface area contributed by atoms with E-state index in [9.17, 15) is 0 Å². The molecule has 0 aliphatic rings. The minimum Gasteiger partial charge on any atom is -0.254 e. The lowest BCUT2D eigenvalue weighted by Crippen LogP contribution is -1.91. The molecule has 0 atom stereocenters. The van der Waals surface area contributed by atoms with Gasteiger partial charge in [0.15, 0.2) is 0 Å². The smallest absolute Gasteiger partial charge is 0.0970 e. The Morgan fingerprint density at radius 1 is 0.256 bits per heavy atom. The molecule has 0 radical (unpaired) electrons. The van der Waals surface area contributed by atoms with Crippen LogP contribution in [0.1, 0.15) is 91.5 Å². The molecular weight excluding hydrogens is 993 g/mol. The number of hydrogen-bond donors (Lipinski definition) is 0. The number of fused-ring (bicyclic) bond motifs is 12. The summed E-state index contributed by atoms with van der Waals surface area (Å²) in [6, 6.07) is 77.4. The Hall–Kier alpha value is -9.12. The molecule has 0 bridgehead atoms. The Kier molecular flexibility index (Phi) is 22.5. The molecule has 0 unspecified atom stereocenters. The topological polar surface area (TPSA) is 51.6 Å². The zero-order valence-corrected chi connectivity index (χ0v) is 50.3. The predicted octanol–water partition coefficient (Wildman–Crippen LogP) is 22.7. The first-order valence-electron chi connectivity index (χ1n) is 29.6. The predicted molar refractivity (Wildman–Crippen MR) is 361 cm³/mol. The molecule has 0 aliphatic carbocycles. The van der Waals surface area contributed by atoms with E-state index in [1.165, 1.54) is 87.6 Å². The van der Waals surface area contributed by atoms with E-state index >= 15 is 0 Å². The van der Waals surface area contributed by atoms with Gasteiger partial charge in [0.2, 0.25) is 0 Å². The van der Waals surface area contributed by atoms with Gasteiger partial charge in [0.05, 0.1) is 22.1 Å². The van der Waals surface area contributed by atoms with Crippen molar-refractivity contribution in [3.63, 3.8) is 0 Å². The van der Waals surface area contributed by atoms with Gasteiger partial charge in [-0.05, 0) is 140 Å². The van der Waals surface area contributed by atoms with Crippen molar-refractivity contribution in [2.24, 2.45) is 0 Å². The van der Waals surface area contributed by atoms with Crippen molar-refractivity contribution in [2.75, 3.05) is 0 Å². The number of aromatic nitrogens is 4. The minimum absolute atomic E-state index is 0.968. The highest BCUT2D eigenvalue weighted by atomic mass is 14.7. The van der Waals surface area contributed by atoms with Crippen LogP contribution in [0.5, 0.6) is 0 Å². The van der Waals surface area contributed by atoms with Crippen molar-refractivity contribution < 1.29 is 0 Å². The summed E-state index contributed by atoms with van der Waals surface area (Å²) in [6.07, 6.45) is 9.39. The highest BCUT2D eigenvalue weighted by molar-refractivity contribution is 6.14. The molecule has 4 aromatic heterocycles. The van der Waals surface area contributed by atoms with Gasteiger partial charge >= 0.3 is 0 Å². The first-order chi connectivity index (χ1) is 40.4. The van der Waals surface area contributed by atoms with Crippen molar-refractivity contribution in [2.45, 2.75) is 95.9 Å². The highest BCUT2D eigenvalue weighted by Crippen LogP contribution is 2.37. The van der Waals surface area contributed by atoms with Crippen molar-refractivity contribution in [1.29, 1.82) is 0 Å². The Bertz CT molecular complexity index is 3940. The summed E-state index contributed by atoms with van der Waals surface area (Å²) >= 11 is 0. The number of aryl methyl sites for hydroxylation is 4. The minimum atomic E-state index is 0.968. The largest absolute Gasteiger partial charge is 0.254 e. The van der Waals surface area contributed by atoms with Crippen molar-refractivity contribution in [1.82, 2.24) is 19.9 Å². The molecule has 14 aromatic rings. The lowest BCUT2D eigenvalue weighted by molar-refractivity contribution is 1.13. The number of hydrogen-bond acceptors (Lipinski definition) is 4. The Morgan fingerprint density at radius 2 is 0.573 bits per heavy atom. The SMILES string of the molecule is CC.CC.CC.CC.CCc1cc(C)cc(-c2cc3ccccc3c3ccccc23)c1.CCc1cc(C)cc(-c2cc3cccnc3c3ncccc23)c1.c1ccc2c(c1)ccc1ccccc12.c1cnc2c(c1)ccc1cccnc12. The van der Waals surface area contributed by atoms with Crippen LogP contribution in [0.2, 0.25) is 0 Å². The molecule has 4 heteroatoms. The number of benzene rings is 10. The second-order valence-corrected chi connectivity index (χ2v) is 18.9. The summed E-state index contributed by atoms with van der Waals surface area (Å²) in [6.45, 7) is 24.8. The fourth-order valence-corrected chi connectivity index (χ4v) is 10.4. The monoisotopic (exact) mass is 1070 g/mol. The van der Waals surface area contributed by atoms with Crippen LogP contribution in [-0.2, 0) is 12.8 Å². The third-order valence-corrected chi connectivity index (χ3v) is 13.9. The summed E-state index contributed by atoms with van der Waals surface area (Å²) in [7, 11) is 0. The van der Waals surface area contributed by atoms with Gasteiger partial charge in [-0.3, -0.25) is 19.9 Å². The number of rotatable bonds is 4. The van der Waals surface area contributed by atoms with Gasteiger partial charge < -0.3 is 0 Å². The van der Waals surface area contributed by atoms with E-state index in [-0.39, 0.29) is 0 Å². The van der Waals surface area contributed by atoms with Crippen LogP contribution in [0.3, 0.4) is 0 Å². The quantitative estimate of drug-likeness (QED) is 0.165. The van der Waals surface area contributed by atoms with Crippen molar-refractivity contribution in [3.05, 3.63) is 265 Å². The van der Waals surface area contributed by atoms with Crippen LogP contribution in [0.25, 0.3) is 109 Å². The van der Waals surface area contributed by atoms with Crippen LogP contribution in [0.15, 0.2) is 243 Å². The van der Waals surface area contributed by atoms with Crippen LogP contribution in [0, 0.1) is 13.8 Å². The average molecular weight is 1070 g/mol. The van der Waals surface area contributed by atoms with E-state index in [4.69, 9.17) is 0 Å². The number of nitrogens with zero attached hydrogens (tertiary/aromatic N) is 4. The molecule has 82 heavy (non-hydrogen) atoms. The summed E-state index contributed by atoms with van der Waals surface area (Å²) in [5, 5.41) is 15.2. The molecule has 412 valence electrons. The molecular formula is C78H80N4. The van der Waals surface area contributed by atoms with Gasteiger partial charge in [-0.15, -0.1) is 0 Å². The molecule has 0 spiro atoms. The van der Waals surface area contributed by atoms with Crippen LogP contribution >= 0.6 is 0 Å².